The summed E-state index contributed by atoms with van der Waals surface area (Å²) in [5, 5.41) is 99.6. The normalized spacial score (nSPS) is 12.9. The second-order valence-corrected chi connectivity index (χ2v) is 39.3. The van der Waals surface area contributed by atoms with Crippen LogP contribution in [0, 0.1) is 25.6 Å². The van der Waals surface area contributed by atoms with E-state index in [0.29, 0.717) is 70.4 Å². The highest BCUT2D eigenvalue weighted by molar-refractivity contribution is 8.00. The van der Waals surface area contributed by atoms with Gasteiger partial charge in [-0.2, -0.15) is 12.6 Å². The van der Waals surface area contributed by atoms with E-state index in [1.165, 1.54) is 101 Å². The summed E-state index contributed by atoms with van der Waals surface area (Å²) in [4.78, 5) is 18.6. The maximum Gasteiger partial charge on any atom is 0.145 e. The van der Waals surface area contributed by atoms with E-state index in [1.54, 1.807) is 66.0 Å². The average Bonchev–Trinajstić information content (AvgIpc) is 1.67. The first kappa shape index (κ1) is 92.9. The smallest absolute Gasteiger partial charge is 0.145 e. The molecule has 0 unspecified atom stereocenters. The molecule has 21 rings (SSSR count). The molecule has 7 heterocycles. The zero-order chi connectivity index (χ0) is 94.0. The number of phenolic OH excluding ortho intramolecular Hbond substituents is 5. The highest BCUT2D eigenvalue weighted by Crippen LogP contribution is 2.40. The molecule has 0 atom stereocenters. The maximum absolute atomic E-state index is 13.3. The molecule has 6 aromatic heterocycles. The highest BCUT2D eigenvalue weighted by Gasteiger charge is 2.24. The Morgan fingerprint density at radius 3 is 1.44 bits per heavy atom. The van der Waals surface area contributed by atoms with Crippen molar-refractivity contribution in [2.75, 3.05) is 60.3 Å². The molecule has 135 heavy (non-hydrogen) atoms. The number of fused-ring (bicyclic) bond motifs is 6. The van der Waals surface area contributed by atoms with Crippen molar-refractivity contribution in [2.24, 2.45) is 5.92 Å². The lowest BCUT2D eigenvalue weighted by atomic mass is 9.94. The van der Waals surface area contributed by atoms with Gasteiger partial charge >= 0.3 is 0 Å². The Morgan fingerprint density at radius 2 is 0.881 bits per heavy atom. The summed E-state index contributed by atoms with van der Waals surface area (Å²) in [5.74, 6) is 2.83. The molecule has 30 heteroatoms. The van der Waals surface area contributed by atoms with Gasteiger partial charge in [-0.15, -0.1) is 98.5 Å². The van der Waals surface area contributed by atoms with E-state index >= 15 is 0 Å². The second kappa shape index (κ2) is 41.7. The topological polar surface area (TPSA) is 279 Å². The number of thiol groups is 1. The first-order chi connectivity index (χ1) is 65.3. The fourth-order valence-corrected chi connectivity index (χ4v) is 19.3. The molecule has 0 bridgehead atoms. The van der Waals surface area contributed by atoms with Crippen molar-refractivity contribution in [2.45, 2.75) is 130 Å². The molecule has 13 aromatic carbocycles. The van der Waals surface area contributed by atoms with E-state index in [-0.39, 0.29) is 39.3 Å². The minimum atomic E-state index is -0.353. The number of aromatic nitrogens is 16. The number of halogens is 1. The van der Waals surface area contributed by atoms with E-state index in [9.17, 15) is 29.9 Å². The molecule has 0 amide bonds. The minimum Gasteiger partial charge on any atom is -0.506 e. The Balaban J connectivity index is 0.000000118. The standard InChI is InChI=1S/C26H30N4OS.C23H17N3OS.C20H20N4OS.C19H21FN4O.C17H18N4O2S/c1-5-29(20-8-6-19(4)7-9-20)21-10-13-25(26(31)16-21)30-27-23-12-11-22(17-24(23)28-30)32-15-14-18(2)3;1-15-6-11-22(23(27)12-15)26-24-20-10-9-19(14-21(20)25-26)28-18-8-7-16-4-2-3-5-17(16)13-18;1-20(2,3)26-15-7-8-16-17(13-15)22-24(21-16)18-9-6-14(12-19(18)25)23-10-4-5-11-23;1-23(14-5-3-2-4-6-14)15-8-10-18(19(25)12-15)24-21-16-9-7-13(20)11-17(16)22-24;22-17-10-13(20-5-7-23-8-6-20)2-4-16(17)21-18-14-3-1-12(11-24)9-15(14)19-21/h6-13,16-18,31H,5,14-15H2,1-4H3;2-14,27H,1H3;4-13,25H,1-3H3;7-12,14,25H,2-6H2,1H3;1-4,9-10,22,24H,5-8,11H2. The highest BCUT2D eigenvalue weighted by atomic mass is 32.2. The summed E-state index contributed by atoms with van der Waals surface area (Å²) in [5.41, 5.74) is 18.4. The summed E-state index contributed by atoms with van der Waals surface area (Å²) in [6.07, 6.45) is 11.3. The Bertz CT molecular complexity index is 7370. The van der Waals surface area contributed by atoms with Crippen molar-refractivity contribution in [1.29, 1.82) is 0 Å². The fraction of sp³-hybridized carbons (Fsp3) is 0.238. The molecule has 5 N–H and O–H groups in total. The van der Waals surface area contributed by atoms with Crippen LogP contribution < -0.4 is 14.7 Å². The molecular weight excluding hydrogens is 1770 g/mol. The van der Waals surface area contributed by atoms with Crippen molar-refractivity contribution in [3.63, 3.8) is 0 Å². The number of rotatable bonds is 20. The number of phenols is 5. The van der Waals surface area contributed by atoms with E-state index < -0.39 is 0 Å². The van der Waals surface area contributed by atoms with Crippen LogP contribution in [-0.2, 0) is 10.5 Å². The minimum absolute atomic E-state index is 0.112. The summed E-state index contributed by atoms with van der Waals surface area (Å²) in [6, 6.07) is 83.8. The molecule has 1 saturated carbocycles. The van der Waals surface area contributed by atoms with Crippen molar-refractivity contribution in [1.82, 2.24) is 79.5 Å². The third-order valence-corrected chi connectivity index (χ3v) is 26.7. The van der Waals surface area contributed by atoms with Crippen LogP contribution in [0.3, 0.4) is 0 Å². The lowest BCUT2D eigenvalue weighted by molar-refractivity contribution is 0.122. The number of anilines is 4. The van der Waals surface area contributed by atoms with Crippen LogP contribution in [-0.4, -0.2) is 162 Å². The second-order valence-electron chi connectivity index (χ2n) is 34.7. The largest absolute Gasteiger partial charge is 0.506 e. The number of aryl methyl sites for hydroxylation is 2. The lowest BCUT2D eigenvalue weighted by Crippen LogP contribution is -2.36. The van der Waals surface area contributed by atoms with Gasteiger partial charge in [-0.1, -0.05) is 126 Å². The van der Waals surface area contributed by atoms with Gasteiger partial charge in [0.25, 0.3) is 0 Å². The molecule has 1 aliphatic carbocycles. The molecule has 688 valence electrons. The van der Waals surface area contributed by atoms with Crippen molar-refractivity contribution in [3.8, 4) is 62.9 Å². The summed E-state index contributed by atoms with van der Waals surface area (Å²) >= 11 is 9.62. The van der Waals surface area contributed by atoms with Gasteiger partial charge in [0, 0.05) is 134 Å². The molecule has 2 fully saturated rings. The third-order valence-electron chi connectivity index (χ3n) is 23.2. The number of nitrogens with zero attached hydrogens (tertiary/aromatic N) is 19. The van der Waals surface area contributed by atoms with Gasteiger partial charge in [0.15, 0.2) is 0 Å². The molecule has 1 aliphatic heterocycles. The zero-order valence-electron chi connectivity index (χ0n) is 76.5. The maximum atomic E-state index is 13.3. The zero-order valence-corrected chi connectivity index (χ0v) is 79.9. The number of ether oxygens (including phenoxy) is 1. The Kier molecular flexibility index (Phi) is 28.7. The van der Waals surface area contributed by atoms with Gasteiger partial charge in [0.1, 0.15) is 118 Å². The lowest BCUT2D eigenvalue weighted by Gasteiger charge is -2.33. The van der Waals surface area contributed by atoms with E-state index in [2.05, 4.69) is 225 Å². The summed E-state index contributed by atoms with van der Waals surface area (Å²) in [7, 11) is 2.08. The first-order valence-corrected chi connectivity index (χ1v) is 48.4. The van der Waals surface area contributed by atoms with Crippen LogP contribution in [0.15, 0.2) is 293 Å². The number of morpholine rings is 1. The summed E-state index contributed by atoms with van der Waals surface area (Å²) < 4.78 is 20.7. The van der Waals surface area contributed by atoms with E-state index in [0.717, 1.165) is 119 Å². The molecule has 1 saturated heterocycles. The van der Waals surface area contributed by atoms with Crippen molar-refractivity contribution >= 4 is 137 Å². The molecule has 2 aliphatic rings. The number of hydrogen-bond donors (Lipinski definition) is 6. The summed E-state index contributed by atoms with van der Waals surface area (Å²) in [6.45, 7) is 21.0. The van der Waals surface area contributed by atoms with E-state index in [1.807, 2.05) is 151 Å². The molecule has 0 radical (unpaired) electrons. The van der Waals surface area contributed by atoms with Crippen molar-refractivity contribution < 1.29 is 34.7 Å². The van der Waals surface area contributed by atoms with Gasteiger partial charge in [-0.05, 0) is 250 Å². The molecule has 0 spiro atoms. The molecule has 25 nitrogen and oxygen atoms in total. The Hall–Kier alpha value is -13.9. The molecule has 19 aromatic rings. The SMILES string of the molecule is CC(C)(C)Sc1ccc2nn(-c3ccc(-n4cccc4)cc3O)nc2c1.CCN(c1ccc(C)cc1)c1ccc(-n2nc3ccc(SCCC(C)C)cc3n2)c(O)c1.CN(c1ccc(-n2nc3ccc(F)cc3n2)c(O)c1)C1CCCCC1.Cc1ccc(-n2nc3ccc(Sc4ccc5ccccc5c4)cc3n2)c(O)c1.Oc1cc(N2CCOCC2)ccc1-n1nc2ccc(CS)cc2n1. The van der Waals surface area contributed by atoms with Crippen molar-refractivity contribution in [3.05, 3.63) is 296 Å². The molecular formula is C105H106FN19O6S4. The third kappa shape index (κ3) is 22.6. The van der Waals surface area contributed by atoms with Crippen LogP contribution in [0.25, 0.3) is 100 Å². The van der Waals surface area contributed by atoms with Crippen LogP contribution in [0.5, 0.6) is 28.7 Å². The first-order valence-electron chi connectivity index (χ1n) is 45.1. The van der Waals surface area contributed by atoms with Crippen LogP contribution in [0.4, 0.5) is 27.1 Å². The Labute approximate surface area is 800 Å². The van der Waals surface area contributed by atoms with E-state index in [4.69, 9.17) is 4.74 Å². The van der Waals surface area contributed by atoms with Crippen LogP contribution in [0.1, 0.15) is 96.8 Å². The Morgan fingerprint density at radius 1 is 0.437 bits per heavy atom. The van der Waals surface area contributed by atoms with Gasteiger partial charge in [0.05, 0.1) is 13.2 Å². The van der Waals surface area contributed by atoms with Gasteiger partial charge < -0.3 is 49.5 Å². The number of hydrogen-bond acceptors (Lipinski definition) is 23. The number of benzene rings is 13. The van der Waals surface area contributed by atoms with Crippen LogP contribution >= 0.6 is 47.9 Å². The number of aromatic hydroxyl groups is 5. The average molecular weight is 1880 g/mol. The quantitative estimate of drug-likeness (QED) is 0.0305. The monoisotopic (exact) mass is 1880 g/mol. The van der Waals surface area contributed by atoms with Gasteiger partial charge in [0.2, 0.25) is 0 Å². The van der Waals surface area contributed by atoms with Gasteiger partial charge in [-0.3, -0.25) is 0 Å². The van der Waals surface area contributed by atoms with Gasteiger partial charge in [-0.25, -0.2) is 4.39 Å². The predicted octanol–water partition coefficient (Wildman–Crippen LogP) is 23.7. The predicted molar refractivity (Wildman–Crippen MR) is 545 cm³/mol. The van der Waals surface area contributed by atoms with Crippen LogP contribution in [0.2, 0.25) is 0 Å². The fourth-order valence-electron chi connectivity index (χ4n) is 16.0. The number of thioether (sulfide) groups is 2.